The van der Waals surface area contributed by atoms with Crippen LogP contribution in [0.25, 0.3) is 5.52 Å². The predicted octanol–water partition coefficient (Wildman–Crippen LogP) is 2.37. The van der Waals surface area contributed by atoms with E-state index in [1.165, 1.54) is 0 Å². The molecule has 0 unspecified atom stereocenters. The molecule has 10 heteroatoms. The molecule has 1 aromatic carbocycles. The van der Waals surface area contributed by atoms with Crippen LogP contribution in [0.4, 0.5) is 17.6 Å². The highest BCUT2D eigenvalue weighted by atomic mass is 16.5. The Morgan fingerprint density at radius 2 is 1.94 bits per heavy atom. The smallest absolute Gasteiger partial charge is 0.248 e. The molecule has 1 saturated heterocycles. The summed E-state index contributed by atoms with van der Waals surface area (Å²) >= 11 is 0. The van der Waals surface area contributed by atoms with E-state index in [0.29, 0.717) is 50.4 Å². The van der Waals surface area contributed by atoms with Crippen LogP contribution < -0.4 is 10.2 Å². The molecule has 0 spiro atoms. The minimum atomic E-state index is 0.00335. The van der Waals surface area contributed by atoms with E-state index in [0.717, 1.165) is 16.8 Å². The van der Waals surface area contributed by atoms with Gasteiger partial charge in [0.1, 0.15) is 12.1 Å². The number of anilines is 3. The highest BCUT2D eigenvalue weighted by Crippen LogP contribution is 2.22. The van der Waals surface area contributed by atoms with Crippen molar-refractivity contribution in [2.75, 3.05) is 43.0 Å². The van der Waals surface area contributed by atoms with Gasteiger partial charge in [0.2, 0.25) is 11.9 Å². The third-order valence-corrected chi connectivity index (χ3v) is 5.58. The first kappa shape index (κ1) is 21.0. The second-order valence-corrected chi connectivity index (χ2v) is 8.01. The minimum Gasteiger partial charge on any atom is -0.367 e. The molecular formula is C23H26N8O2. The molecule has 4 heterocycles. The number of H-pyrrole nitrogens is 1. The lowest BCUT2D eigenvalue weighted by atomic mass is 10.2. The summed E-state index contributed by atoms with van der Waals surface area (Å²) in [5, 5.41) is 15.1. The lowest BCUT2D eigenvalue weighted by Crippen LogP contribution is -2.50. The Morgan fingerprint density at radius 1 is 1.12 bits per heavy atom. The van der Waals surface area contributed by atoms with Gasteiger partial charge in [-0.05, 0) is 24.6 Å². The normalized spacial score (nSPS) is 14.1. The average molecular weight is 447 g/mol. The molecule has 0 radical (unpaired) electrons. The number of carbonyl (C=O) groups excluding carboxylic acids is 1. The van der Waals surface area contributed by atoms with Crippen LogP contribution in [-0.4, -0.2) is 68.4 Å². The highest BCUT2D eigenvalue weighted by Gasteiger charge is 2.24. The first-order valence-corrected chi connectivity index (χ1v) is 10.9. The van der Waals surface area contributed by atoms with Crippen LogP contribution in [0.5, 0.6) is 0 Å². The zero-order valence-electron chi connectivity index (χ0n) is 18.4. The number of aryl methyl sites for hydroxylation is 1. The second-order valence-electron chi connectivity index (χ2n) is 8.01. The maximum Gasteiger partial charge on any atom is 0.248 e. The number of benzene rings is 1. The quantitative estimate of drug-likeness (QED) is 0.449. The molecule has 1 amide bonds. The van der Waals surface area contributed by atoms with Gasteiger partial charge in [-0.25, -0.2) is 4.52 Å². The van der Waals surface area contributed by atoms with Gasteiger partial charge in [-0.3, -0.25) is 9.89 Å². The van der Waals surface area contributed by atoms with Crippen molar-refractivity contribution >= 4 is 29.0 Å². The van der Waals surface area contributed by atoms with Crippen molar-refractivity contribution in [2.24, 2.45) is 0 Å². The van der Waals surface area contributed by atoms with Crippen molar-refractivity contribution in [3.05, 3.63) is 66.0 Å². The lowest BCUT2D eigenvalue weighted by molar-refractivity contribution is -0.136. The van der Waals surface area contributed by atoms with Crippen LogP contribution in [0.2, 0.25) is 0 Å². The highest BCUT2D eigenvalue weighted by molar-refractivity contribution is 5.78. The topological polar surface area (TPSA) is 104 Å². The number of piperazine rings is 1. The number of rotatable bonds is 7. The molecule has 0 atom stereocenters. The molecule has 10 nitrogen and oxygen atoms in total. The van der Waals surface area contributed by atoms with Crippen LogP contribution in [0.3, 0.4) is 0 Å². The predicted molar refractivity (Wildman–Crippen MR) is 124 cm³/mol. The Bertz CT molecular complexity index is 1230. The summed E-state index contributed by atoms with van der Waals surface area (Å²) in [6, 6.07) is 15.7. The number of aromatic amines is 1. The van der Waals surface area contributed by atoms with E-state index in [1.54, 1.807) is 4.52 Å². The van der Waals surface area contributed by atoms with Gasteiger partial charge in [0.05, 0.1) is 6.61 Å². The number of hydrogen-bond donors (Lipinski definition) is 2. The Hall–Kier alpha value is -3.92. The van der Waals surface area contributed by atoms with E-state index >= 15 is 0 Å². The van der Waals surface area contributed by atoms with Crippen molar-refractivity contribution in [2.45, 2.75) is 13.5 Å². The van der Waals surface area contributed by atoms with Gasteiger partial charge in [0, 0.05) is 44.1 Å². The van der Waals surface area contributed by atoms with Crippen molar-refractivity contribution < 1.29 is 9.53 Å². The van der Waals surface area contributed by atoms with Crippen LogP contribution in [0.15, 0.2) is 54.7 Å². The molecule has 1 aliphatic heterocycles. The summed E-state index contributed by atoms with van der Waals surface area (Å²) in [6.07, 6.45) is 1.89. The third kappa shape index (κ3) is 4.80. The van der Waals surface area contributed by atoms with Crippen LogP contribution in [0, 0.1) is 6.92 Å². The Kier molecular flexibility index (Phi) is 5.90. The molecule has 4 aromatic rings. The lowest BCUT2D eigenvalue weighted by Gasteiger charge is -2.34. The van der Waals surface area contributed by atoms with E-state index in [-0.39, 0.29) is 12.5 Å². The molecule has 1 fully saturated rings. The number of nitrogens with one attached hydrogen (secondary N) is 2. The third-order valence-electron chi connectivity index (χ3n) is 5.58. The summed E-state index contributed by atoms with van der Waals surface area (Å²) in [7, 11) is 0. The van der Waals surface area contributed by atoms with E-state index in [1.807, 2.05) is 66.6 Å². The second kappa shape index (κ2) is 9.29. The number of fused-ring (bicyclic) bond motifs is 1. The van der Waals surface area contributed by atoms with Gasteiger partial charge in [0.25, 0.3) is 0 Å². The molecule has 0 aliphatic carbocycles. The molecule has 5 rings (SSSR count). The maximum atomic E-state index is 12.6. The van der Waals surface area contributed by atoms with Crippen molar-refractivity contribution in [1.82, 2.24) is 29.7 Å². The maximum absolute atomic E-state index is 12.6. The Balaban J connectivity index is 1.20. The summed E-state index contributed by atoms with van der Waals surface area (Å²) in [5.74, 6) is 2.00. The number of hydrogen-bond acceptors (Lipinski definition) is 7. The fraction of sp³-hybridized carbons (Fsp3) is 0.304. The minimum absolute atomic E-state index is 0.00335. The molecule has 0 saturated carbocycles. The van der Waals surface area contributed by atoms with E-state index in [4.69, 9.17) is 9.72 Å². The van der Waals surface area contributed by atoms with Gasteiger partial charge in [-0.15, -0.1) is 5.10 Å². The van der Waals surface area contributed by atoms with E-state index in [2.05, 4.69) is 25.5 Å². The number of aromatic nitrogens is 5. The van der Waals surface area contributed by atoms with Gasteiger partial charge in [0.15, 0.2) is 11.6 Å². The number of ether oxygens (including phenoxy) is 1. The zero-order chi connectivity index (χ0) is 22.6. The molecule has 170 valence electrons. The van der Waals surface area contributed by atoms with Crippen LogP contribution >= 0.6 is 0 Å². The van der Waals surface area contributed by atoms with E-state index < -0.39 is 0 Å². The molecule has 0 bridgehead atoms. The average Bonchev–Trinajstić information content (AvgIpc) is 3.48. The number of amides is 1. The number of carbonyl (C=O) groups is 1. The van der Waals surface area contributed by atoms with E-state index in [9.17, 15) is 4.79 Å². The fourth-order valence-electron chi connectivity index (χ4n) is 3.83. The largest absolute Gasteiger partial charge is 0.367 e. The van der Waals surface area contributed by atoms with Gasteiger partial charge >= 0.3 is 0 Å². The van der Waals surface area contributed by atoms with Crippen molar-refractivity contribution in [1.29, 1.82) is 0 Å². The Labute approximate surface area is 191 Å². The monoisotopic (exact) mass is 446 g/mol. The van der Waals surface area contributed by atoms with Gasteiger partial charge in [-0.1, -0.05) is 30.3 Å². The SMILES string of the molecule is Cc1cc(Nc2nc(N3CCN(C(=O)COCc4ccccc4)CC3)nn3cccc23)n[nH]1. The fourth-order valence-corrected chi connectivity index (χ4v) is 3.83. The Morgan fingerprint density at radius 3 is 2.70 bits per heavy atom. The number of nitrogens with zero attached hydrogens (tertiary/aromatic N) is 6. The summed E-state index contributed by atoms with van der Waals surface area (Å²) in [6.45, 7) is 4.96. The molecule has 33 heavy (non-hydrogen) atoms. The molecule has 2 N–H and O–H groups in total. The van der Waals surface area contributed by atoms with Crippen LogP contribution in [0.1, 0.15) is 11.3 Å². The zero-order valence-corrected chi connectivity index (χ0v) is 18.4. The summed E-state index contributed by atoms with van der Waals surface area (Å²) < 4.78 is 7.41. The first-order chi connectivity index (χ1) is 16.2. The summed E-state index contributed by atoms with van der Waals surface area (Å²) in [5.41, 5.74) is 2.89. The molecule has 3 aromatic heterocycles. The first-order valence-electron chi connectivity index (χ1n) is 10.9. The molecule has 1 aliphatic rings. The van der Waals surface area contributed by atoms with Gasteiger partial charge in [-0.2, -0.15) is 10.1 Å². The van der Waals surface area contributed by atoms with Crippen LogP contribution in [-0.2, 0) is 16.1 Å². The summed E-state index contributed by atoms with van der Waals surface area (Å²) in [4.78, 5) is 21.2. The van der Waals surface area contributed by atoms with Gasteiger partial charge < -0.3 is 19.9 Å². The van der Waals surface area contributed by atoms with Crippen molar-refractivity contribution in [3.63, 3.8) is 0 Å². The van der Waals surface area contributed by atoms with Crippen molar-refractivity contribution in [3.8, 4) is 0 Å². The molecular weight excluding hydrogens is 420 g/mol. The standard InChI is InChI=1S/C23H26N8O2/c1-17-14-20(27-26-17)24-22-19-8-5-9-31(19)28-23(25-22)30-12-10-29(11-13-30)21(32)16-33-15-18-6-3-2-4-7-18/h2-9,14H,10-13,15-16H2,1H3,(H2,24,25,26,27,28).